The van der Waals surface area contributed by atoms with Gasteiger partial charge < -0.3 is 15.5 Å². The van der Waals surface area contributed by atoms with Gasteiger partial charge in [0.1, 0.15) is 18.0 Å². The van der Waals surface area contributed by atoms with Gasteiger partial charge >= 0.3 is 0 Å². The first kappa shape index (κ1) is 20.8. The van der Waals surface area contributed by atoms with Crippen LogP contribution in [0.1, 0.15) is 13.3 Å². The maximum atomic E-state index is 11.7. The summed E-state index contributed by atoms with van der Waals surface area (Å²) in [6.45, 7) is 4.78. The predicted molar refractivity (Wildman–Crippen MR) is 129 cm³/mol. The van der Waals surface area contributed by atoms with E-state index in [9.17, 15) is 4.79 Å². The van der Waals surface area contributed by atoms with Gasteiger partial charge in [-0.05, 0) is 35.7 Å². The molecular weight excluding hydrogens is 414 g/mol. The zero-order valence-electron chi connectivity index (χ0n) is 18.5. The molecule has 166 valence electrons. The predicted octanol–water partition coefficient (Wildman–Crippen LogP) is 3.39. The lowest BCUT2D eigenvalue weighted by Crippen LogP contribution is -2.33. The van der Waals surface area contributed by atoms with Gasteiger partial charge in [0.25, 0.3) is 0 Å². The third kappa shape index (κ3) is 4.19. The lowest BCUT2D eigenvalue weighted by Gasteiger charge is -2.22. The van der Waals surface area contributed by atoms with Gasteiger partial charge in [0.05, 0.1) is 11.1 Å². The van der Waals surface area contributed by atoms with E-state index in [0.29, 0.717) is 18.0 Å². The number of hydrogen-bond donors (Lipinski definition) is 1. The van der Waals surface area contributed by atoms with E-state index < -0.39 is 0 Å². The van der Waals surface area contributed by atoms with Gasteiger partial charge in [-0.15, -0.1) is 0 Å². The number of fused-ring (bicyclic) bond motifs is 1. The Morgan fingerprint density at radius 2 is 1.79 bits per heavy atom. The zero-order chi connectivity index (χ0) is 22.8. The maximum absolute atomic E-state index is 11.7. The van der Waals surface area contributed by atoms with Gasteiger partial charge in [0.2, 0.25) is 5.91 Å². The first-order valence-corrected chi connectivity index (χ1v) is 11.0. The Labute approximate surface area is 192 Å². The van der Waals surface area contributed by atoms with Crippen LogP contribution < -0.4 is 10.6 Å². The van der Waals surface area contributed by atoms with E-state index in [1.807, 2.05) is 59.6 Å². The normalized spacial score (nSPS) is 14.3. The van der Waals surface area contributed by atoms with Crippen LogP contribution in [0.25, 0.3) is 33.4 Å². The van der Waals surface area contributed by atoms with Crippen molar-refractivity contribution in [1.29, 1.82) is 0 Å². The summed E-state index contributed by atoms with van der Waals surface area (Å²) in [6, 6.07) is 16.1. The fraction of sp³-hybridized carbons (Fsp3) is 0.240. The van der Waals surface area contributed by atoms with Crippen LogP contribution in [0, 0.1) is 0 Å². The van der Waals surface area contributed by atoms with Gasteiger partial charge in [-0.1, -0.05) is 30.3 Å². The molecule has 0 bridgehead atoms. The van der Waals surface area contributed by atoms with Crippen LogP contribution in [0.2, 0.25) is 0 Å². The highest BCUT2D eigenvalue weighted by molar-refractivity contribution is 6.00. The van der Waals surface area contributed by atoms with Gasteiger partial charge in [-0.25, -0.2) is 19.9 Å². The fourth-order valence-corrected chi connectivity index (χ4v) is 4.27. The molecule has 1 aliphatic rings. The molecule has 1 fully saturated rings. The molecule has 8 heteroatoms. The Balaban J connectivity index is 1.49. The second-order valence-electron chi connectivity index (χ2n) is 8.13. The zero-order valence-corrected chi connectivity index (χ0v) is 18.5. The SMILES string of the molecule is CC(=O)N1CCCN(c2ccc(-c3cc(-c4ccccc4)c4c(N)ncnc4n3)cn2)CC1. The van der Waals surface area contributed by atoms with Gasteiger partial charge in [-0.3, -0.25) is 4.79 Å². The van der Waals surface area contributed by atoms with E-state index in [1.54, 1.807) is 6.92 Å². The number of aromatic nitrogens is 4. The minimum atomic E-state index is 0.126. The number of nitrogens with zero attached hydrogens (tertiary/aromatic N) is 6. The molecule has 1 amide bonds. The third-order valence-electron chi connectivity index (χ3n) is 6.03. The van der Waals surface area contributed by atoms with Crippen molar-refractivity contribution in [3.8, 4) is 22.4 Å². The van der Waals surface area contributed by atoms with Crippen molar-refractivity contribution >= 4 is 28.6 Å². The number of carbonyl (C=O) groups is 1. The van der Waals surface area contributed by atoms with Crippen molar-refractivity contribution in [3.63, 3.8) is 0 Å². The second-order valence-corrected chi connectivity index (χ2v) is 8.13. The summed E-state index contributed by atoms with van der Waals surface area (Å²) in [5.41, 5.74) is 10.4. The number of nitrogen functional groups attached to an aromatic ring is 1. The molecular formula is C25H25N7O. The quantitative estimate of drug-likeness (QED) is 0.522. The van der Waals surface area contributed by atoms with Crippen molar-refractivity contribution in [1.82, 2.24) is 24.8 Å². The molecule has 0 radical (unpaired) electrons. The summed E-state index contributed by atoms with van der Waals surface area (Å²) in [5.74, 6) is 1.44. The molecule has 1 aromatic carbocycles. The number of pyridine rings is 2. The summed E-state index contributed by atoms with van der Waals surface area (Å²) in [5, 5.41) is 0.747. The van der Waals surface area contributed by atoms with Crippen molar-refractivity contribution in [2.75, 3.05) is 36.8 Å². The topological polar surface area (TPSA) is 101 Å². The smallest absolute Gasteiger partial charge is 0.219 e. The molecule has 0 unspecified atom stereocenters. The van der Waals surface area contributed by atoms with Crippen LogP contribution in [-0.4, -0.2) is 56.9 Å². The highest BCUT2D eigenvalue weighted by Crippen LogP contribution is 2.33. The molecule has 0 atom stereocenters. The van der Waals surface area contributed by atoms with E-state index in [2.05, 4.69) is 14.9 Å². The van der Waals surface area contributed by atoms with Crippen molar-refractivity contribution < 1.29 is 4.79 Å². The number of carbonyl (C=O) groups excluding carboxylic acids is 1. The van der Waals surface area contributed by atoms with Crippen LogP contribution in [0.5, 0.6) is 0 Å². The van der Waals surface area contributed by atoms with Crippen molar-refractivity contribution in [2.24, 2.45) is 0 Å². The number of rotatable bonds is 3. The Kier molecular flexibility index (Phi) is 5.56. The molecule has 4 heterocycles. The standard InChI is InChI=1S/C25H25N7O/c1-17(33)31-10-5-11-32(13-12-31)22-9-8-19(15-27-22)21-14-20(18-6-3-2-4-7-18)23-24(26)28-16-29-25(23)30-21/h2-4,6-9,14-16H,5,10-13H2,1H3,(H2,26,28,29,30). The van der Waals surface area contributed by atoms with Crippen LogP contribution in [0.15, 0.2) is 61.1 Å². The van der Waals surface area contributed by atoms with E-state index in [-0.39, 0.29) is 5.91 Å². The molecule has 8 nitrogen and oxygen atoms in total. The van der Waals surface area contributed by atoms with Gasteiger partial charge in [0, 0.05) is 44.9 Å². The lowest BCUT2D eigenvalue weighted by molar-refractivity contribution is -0.128. The Morgan fingerprint density at radius 3 is 2.55 bits per heavy atom. The summed E-state index contributed by atoms with van der Waals surface area (Å²) in [6.07, 6.45) is 4.21. The number of anilines is 2. The number of amides is 1. The fourth-order valence-electron chi connectivity index (χ4n) is 4.27. The third-order valence-corrected chi connectivity index (χ3v) is 6.03. The minimum Gasteiger partial charge on any atom is -0.383 e. The van der Waals surface area contributed by atoms with Gasteiger partial charge in [0.15, 0.2) is 5.65 Å². The largest absolute Gasteiger partial charge is 0.383 e. The number of nitrogens with two attached hydrogens (primary N) is 1. The van der Waals surface area contributed by atoms with E-state index in [0.717, 1.165) is 59.6 Å². The summed E-state index contributed by atoms with van der Waals surface area (Å²) in [4.78, 5) is 33.8. The minimum absolute atomic E-state index is 0.126. The molecule has 2 N–H and O–H groups in total. The van der Waals surface area contributed by atoms with E-state index in [4.69, 9.17) is 15.7 Å². The number of hydrogen-bond acceptors (Lipinski definition) is 7. The molecule has 33 heavy (non-hydrogen) atoms. The summed E-state index contributed by atoms with van der Waals surface area (Å²) in [7, 11) is 0. The van der Waals surface area contributed by atoms with Crippen molar-refractivity contribution in [2.45, 2.75) is 13.3 Å². The van der Waals surface area contributed by atoms with Crippen LogP contribution >= 0.6 is 0 Å². The number of benzene rings is 1. The second kappa shape index (κ2) is 8.82. The Hall–Kier alpha value is -4.07. The first-order chi connectivity index (χ1) is 16.1. The van der Waals surface area contributed by atoms with Crippen LogP contribution in [0.4, 0.5) is 11.6 Å². The van der Waals surface area contributed by atoms with Crippen LogP contribution in [0.3, 0.4) is 0 Å². The monoisotopic (exact) mass is 439 g/mol. The average Bonchev–Trinajstić information content (AvgIpc) is 3.11. The molecule has 0 spiro atoms. The summed E-state index contributed by atoms with van der Waals surface area (Å²) >= 11 is 0. The lowest BCUT2D eigenvalue weighted by atomic mass is 10.0. The highest BCUT2D eigenvalue weighted by atomic mass is 16.2. The average molecular weight is 440 g/mol. The molecule has 0 saturated carbocycles. The summed E-state index contributed by atoms with van der Waals surface area (Å²) < 4.78 is 0. The van der Waals surface area contributed by atoms with Crippen LogP contribution in [-0.2, 0) is 4.79 Å². The molecule has 5 rings (SSSR count). The van der Waals surface area contributed by atoms with Crippen molar-refractivity contribution in [3.05, 3.63) is 61.1 Å². The molecule has 3 aromatic heterocycles. The Bertz CT molecular complexity index is 1290. The molecule has 1 saturated heterocycles. The molecule has 1 aliphatic heterocycles. The first-order valence-electron chi connectivity index (χ1n) is 11.0. The van der Waals surface area contributed by atoms with E-state index >= 15 is 0 Å². The Morgan fingerprint density at radius 1 is 0.939 bits per heavy atom. The highest BCUT2D eigenvalue weighted by Gasteiger charge is 2.18. The van der Waals surface area contributed by atoms with Gasteiger partial charge in [-0.2, -0.15) is 0 Å². The maximum Gasteiger partial charge on any atom is 0.219 e. The van der Waals surface area contributed by atoms with E-state index in [1.165, 1.54) is 6.33 Å². The molecule has 0 aliphatic carbocycles. The molecule has 4 aromatic rings.